The molecule has 3 nitrogen and oxygen atoms in total. The summed E-state index contributed by atoms with van der Waals surface area (Å²) in [5.41, 5.74) is 8.98. The first kappa shape index (κ1) is 14.5. The van der Waals surface area contributed by atoms with Gasteiger partial charge in [0.05, 0.1) is 0 Å². The van der Waals surface area contributed by atoms with Crippen LogP contribution in [0.15, 0.2) is 42.7 Å². The van der Waals surface area contributed by atoms with Crippen LogP contribution >= 0.6 is 0 Å². The minimum absolute atomic E-state index is 0.191. The zero-order valence-corrected chi connectivity index (χ0v) is 11.9. The maximum absolute atomic E-state index is 13.3. The van der Waals surface area contributed by atoms with Gasteiger partial charge in [0.2, 0.25) is 0 Å². The van der Waals surface area contributed by atoms with Gasteiger partial charge < -0.3 is 10.6 Å². The summed E-state index contributed by atoms with van der Waals surface area (Å²) in [6.45, 7) is 2.71. The van der Waals surface area contributed by atoms with E-state index >= 15 is 0 Å². The fourth-order valence-electron chi connectivity index (χ4n) is 2.20. The third-order valence-electron chi connectivity index (χ3n) is 3.38. The van der Waals surface area contributed by atoms with Gasteiger partial charge in [0.25, 0.3) is 0 Å². The lowest BCUT2D eigenvalue weighted by Crippen LogP contribution is -2.23. The first-order valence-corrected chi connectivity index (χ1v) is 6.73. The van der Waals surface area contributed by atoms with Crippen LogP contribution < -0.4 is 10.6 Å². The zero-order chi connectivity index (χ0) is 14.5. The van der Waals surface area contributed by atoms with Crippen molar-refractivity contribution in [3.63, 3.8) is 0 Å². The molecule has 2 N–H and O–H groups in total. The molecule has 0 bridgehead atoms. The molecule has 0 radical (unpaired) electrons. The van der Waals surface area contributed by atoms with E-state index in [4.69, 9.17) is 5.73 Å². The van der Waals surface area contributed by atoms with Crippen molar-refractivity contribution in [1.29, 1.82) is 0 Å². The Kier molecular flexibility index (Phi) is 4.69. The van der Waals surface area contributed by atoms with Gasteiger partial charge in [-0.3, -0.25) is 4.98 Å². The summed E-state index contributed by atoms with van der Waals surface area (Å²) in [6.07, 6.45) is 4.50. The summed E-state index contributed by atoms with van der Waals surface area (Å²) in [5.74, 6) is -0.247. The minimum Gasteiger partial charge on any atom is -0.374 e. The Labute approximate surface area is 119 Å². The number of benzene rings is 1. The van der Waals surface area contributed by atoms with Crippen molar-refractivity contribution in [1.82, 2.24) is 4.98 Å². The minimum atomic E-state index is -0.247. The summed E-state index contributed by atoms with van der Waals surface area (Å²) in [6, 6.07) is 8.60. The monoisotopic (exact) mass is 273 g/mol. The number of nitrogens with two attached hydrogens (primary N) is 1. The summed E-state index contributed by atoms with van der Waals surface area (Å²) in [5, 5.41) is 0. The molecule has 0 aliphatic heterocycles. The number of hydrogen-bond acceptors (Lipinski definition) is 3. The molecule has 1 heterocycles. The molecule has 0 fully saturated rings. The highest BCUT2D eigenvalue weighted by Crippen LogP contribution is 2.25. The molecule has 1 atom stereocenters. The van der Waals surface area contributed by atoms with Crippen LogP contribution in [0.4, 0.5) is 10.1 Å². The average molecular weight is 273 g/mol. The molecule has 0 unspecified atom stereocenters. The summed E-state index contributed by atoms with van der Waals surface area (Å²) in [4.78, 5) is 6.12. The van der Waals surface area contributed by atoms with Crippen molar-refractivity contribution in [2.75, 3.05) is 18.5 Å². The largest absolute Gasteiger partial charge is 0.374 e. The number of aromatic nitrogens is 1. The maximum Gasteiger partial charge on any atom is 0.123 e. The second-order valence-electron chi connectivity index (χ2n) is 5.02. The maximum atomic E-state index is 13.3. The number of likely N-dealkylation sites (N-methyl/N-ethyl adjacent to an activating group) is 1. The van der Waals surface area contributed by atoms with Crippen molar-refractivity contribution in [2.24, 2.45) is 5.73 Å². The second kappa shape index (κ2) is 6.48. The van der Waals surface area contributed by atoms with Gasteiger partial charge in [-0.25, -0.2) is 4.39 Å². The Hall–Kier alpha value is -1.94. The molecule has 1 aromatic carbocycles. The van der Waals surface area contributed by atoms with E-state index in [2.05, 4.69) is 9.88 Å². The molecule has 0 amide bonds. The van der Waals surface area contributed by atoms with Gasteiger partial charge in [0, 0.05) is 37.7 Å². The lowest BCUT2D eigenvalue weighted by molar-refractivity contribution is 0.622. The molecule has 4 heteroatoms. The Balaban J connectivity index is 2.11. The smallest absolute Gasteiger partial charge is 0.123 e. The zero-order valence-electron chi connectivity index (χ0n) is 11.9. The predicted octanol–water partition coefficient (Wildman–Crippen LogP) is 2.92. The topological polar surface area (TPSA) is 42.1 Å². The lowest BCUT2D eigenvalue weighted by atomic mass is 10.1. The highest BCUT2D eigenvalue weighted by molar-refractivity contribution is 5.54. The van der Waals surface area contributed by atoms with E-state index in [1.807, 2.05) is 26.1 Å². The van der Waals surface area contributed by atoms with E-state index in [0.717, 1.165) is 24.2 Å². The van der Waals surface area contributed by atoms with Crippen LogP contribution in [0.3, 0.4) is 0 Å². The average Bonchev–Trinajstić information content (AvgIpc) is 2.45. The number of hydrogen-bond donors (Lipinski definition) is 1. The van der Waals surface area contributed by atoms with Crippen LogP contribution in [0.2, 0.25) is 0 Å². The van der Waals surface area contributed by atoms with Gasteiger partial charge in [0.15, 0.2) is 0 Å². The Morgan fingerprint density at radius 3 is 2.60 bits per heavy atom. The highest BCUT2D eigenvalue weighted by Gasteiger charge is 2.12. The second-order valence-corrected chi connectivity index (χ2v) is 5.02. The summed E-state index contributed by atoms with van der Waals surface area (Å²) >= 11 is 0. The van der Waals surface area contributed by atoms with Crippen molar-refractivity contribution >= 4 is 5.69 Å². The van der Waals surface area contributed by atoms with Crippen molar-refractivity contribution < 1.29 is 4.39 Å². The van der Waals surface area contributed by atoms with E-state index in [9.17, 15) is 4.39 Å². The molecule has 20 heavy (non-hydrogen) atoms. The third kappa shape index (κ3) is 3.54. The Morgan fingerprint density at radius 1 is 1.25 bits per heavy atom. The number of nitrogens with zero attached hydrogens (tertiary/aromatic N) is 2. The number of anilines is 1. The molecule has 0 aliphatic rings. The summed E-state index contributed by atoms with van der Waals surface area (Å²) in [7, 11) is 2.00. The third-order valence-corrected chi connectivity index (χ3v) is 3.38. The molecule has 0 saturated heterocycles. The van der Waals surface area contributed by atoms with Crippen LogP contribution in [-0.2, 0) is 6.42 Å². The molecular weight excluding hydrogens is 253 g/mol. The van der Waals surface area contributed by atoms with Gasteiger partial charge in [-0.1, -0.05) is 0 Å². The predicted molar refractivity (Wildman–Crippen MR) is 80.2 cm³/mol. The van der Waals surface area contributed by atoms with Gasteiger partial charge in [-0.05, 0) is 54.8 Å². The van der Waals surface area contributed by atoms with Crippen molar-refractivity contribution in [3.05, 3.63) is 59.7 Å². The number of pyridine rings is 1. The normalized spacial score (nSPS) is 12.2. The molecule has 2 rings (SSSR count). The number of halogens is 1. The standard InChI is InChI=1S/C16H20FN3/c1-12(18)15-11-14(17)3-4-16(15)20(2)10-7-13-5-8-19-9-6-13/h3-6,8-9,11-12H,7,10,18H2,1-2H3/t12-/m1/s1. The molecule has 0 aliphatic carbocycles. The van der Waals surface area contributed by atoms with Crippen LogP contribution in [0.25, 0.3) is 0 Å². The van der Waals surface area contributed by atoms with Crippen LogP contribution in [0, 0.1) is 5.82 Å². The van der Waals surface area contributed by atoms with E-state index in [0.29, 0.717) is 0 Å². The molecule has 2 aromatic rings. The van der Waals surface area contributed by atoms with Crippen LogP contribution in [-0.4, -0.2) is 18.6 Å². The van der Waals surface area contributed by atoms with E-state index in [1.165, 1.54) is 17.7 Å². The summed E-state index contributed by atoms with van der Waals surface area (Å²) < 4.78 is 13.3. The van der Waals surface area contributed by atoms with Crippen molar-refractivity contribution in [3.8, 4) is 0 Å². The highest BCUT2D eigenvalue weighted by atomic mass is 19.1. The molecule has 1 aromatic heterocycles. The Morgan fingerprint density at radius 2 is 1.95 bits per heavy atom. The van der Waals surface area contributed by atoms with Crippen molar-refractivity contribution in [2.45, 2.75) is 19.4 Å². The van der Waals surface area contributed by atoms with Crippen LogP contribution in [0.1, 0.15) is 24.1 Å². The quantitative estimate of drug-likeness (QED) is 0.910. The molecule has 106 valence electrons. The number of rotatable bonds is 5. The van der Waals surface area contributed by atoms with E-state index in [-0.39, 0.29) is 11.9 Å². The van der Waals surface area contributed by atoms with Crippen LogP contribution in [0.5, 0.6) is 0 Å². The molecular formula is C16H20FN3. The lowest BCUT2D eigenvalue weighted by Gasteiger charge is -2.24. The SMILES string of the molecule is C[C@@H](N)c1cc(F)ccc1N(C)CCc1ccncc1. The first-order valence-electron chi connectivity index (χ1n) is 6.73. The van der Waals surface area contributed by atoms with Gasteiger partial charge in [0.1, 0.15) is 5.82 Å². The van der Waals surface area contributed by atoms with Gasteiger partial charge in [-0.2, -0.15) is 0 Å². The van der Waals surface area contributed by atoms with Gasteiger partial charge in [-0.15, -0.1) is 0 Å². The van der Waals surface area contributed by atoms with E-state index < -0.39 is 0 Å². The first-order chi connectivity index (χ1) is 9.58. The Bertz CT molecular complexity index is 555. The fourth-order valence-corrected chi connectivity index (χ4v) is 2.20. The fraction of sp³-hybridized carbons (Fsp3) is 0.312. The molecule has 0 saturated carbocycles. The molecule has 0 spiro atoms. The van der Waals surface area contributed by atoms with E-state index in [1.54, 1.807) is 18.5 Å². The van der Waals surface area contributed by atoms with Gasteiger partial charge >= 0.3 is 0 Å².